The summed E-state index contributed by atoms with van der Waals surface area (Å²) in [5, 5.41) is 0.905. The molecule has 0 spiro atoms. The topological polar surface area (TPSA) is 0 Å². The Bertz CT molecular complexity index is 110. The molecule has 60 valence electrons. The summed E-state index contributed by atoms with van der Waals surface area (Å²) in [5.74, 6) is 1.34. The zero-order valence-corrected chi connectivity index (χ0v) is 8.65. The maximum absolute atomic E-state index is 2.39. The SMILES string of the molecule is CCCC1SSCC1(C)C. The lowest BCUT2D eigenvalue weighted by Gasteiger charge is -2.23. The normalized spacial score (nSPS) is 30.9. The van der Waals surface area contributed by atoms with Crippen LogP contribution in [-0.2, 0) is 0 Å². The fourth-order valence-corrected chi connectivity index (χ4v) is 5.39. The molecule has 0 saturated carbocycles. The molecule has 0 N–H and O–H groups in total. The summed E-state index contributed by atoms with van der Waals surface area (Å²) in [5.41, 5.74) is 0.589. The molecule has 0 aliphatic carbocycles. The second kappa shape index (κ2) is 3.40. The number of hydrogen-bond acceptors (Lipinski definition) is 2. The minimum absolute atomic E-state index is 0.589. The lowest BCUT2D eigenvalue weighted by molar-refractivity contribution is 0.394. The van der Waals surface area contributed by atoms with E-state index < -0.39 is 0 Å². The van der Waals surface area contributed by atoms with Crippen molar-refractivity contribution in [1.82, 2.24) is 0 Å². The van der Waals surface area contributed by atoms with E-state index in [0.717, 1.165) is 5.25 Å². The molecule has 1 saturated heterocycles. The standard InChI is InChI=1S/C8H16S2/c1-4-5-7-8(2,3)6-9-10-7/h7H,4-6H2,1-3H3. The highest BCUT2D eigenvalue weighted by Crippen LogP contribution is 2.50. The van der Waals surface area contributed by atoms with Gasteiger partial charge in [0.1, 0.15) is 0 Å². The molecule has 2 heteroatoms. The van der Waals surface area contributed by atoms with Gasteiger partial charge in [-0.15, -0.1) is 0 Å². The van der Waals surface area contributed by atoms with Gasteiger partial charge < -0.3 is 0 Å². The second-order valence-electron chi connectivity index (χ2n) is 3.62. The first-order valence-electron chi connectivity index (χ1n) is 3.95. The average molecular weight is 176 g/mol. The first kappa shape index (κ1) is 8.79. The predicted octanol–water partition coefficient (Wildman–Crippen LogP) is 3.58. The van der Waals surface area contributed by atoms with Gasteiger partial charge in [0.05, 0.1) is 0 Å². The van der Waals surface area contributed by atoms with Gasteiger partial charge in [0, 0.05) is 11.0 Å². The van der Waals surface area contributed by atoms with Gasteiger partial charge in [-0.25, -0.2) is 0 Å². The molecule has 1 aliphatic rings. The molecule has 10 heavy (non-hydrogen) atoms. The smallest absolute Gasteiger partial charge is 0.0210 e. The predicted molar refractivity (Wildman–Crippen MR) is 52.5 cm³/mol. The van der Waals surface area contributed by atoms with Crippen LogP contribution in [0.25, 0.3) is 0 Å². The first-order valence-corrected chi connectivity index (χ1v) is 6.33. The van der Waals surface area contributed by atoms with Crippen LogP contribution in [0.1, 0.15) is 33.6 Å². The van der Waals surface area contributed by atoms with Crippen LogP contribution in [0.2, 0.25) is 0 Å². The monoisotopic (exact) mass is 176 g/mol. The summed E-state index contributed by atoms with van der Waals surface area (Å²) >= 11 is 0. The lowest BCUT2D eigenvalue weighted by Crippen LogP contribution is -2.23. The summed E-state index contributed by atoms with van der Waals surface area (Å²) in [6, 6.07) is 0. The Morgan fingerprint density at radius 2 is 2.20 bits per heavy atom. The fraction of sp³-hybridized carbons (Fsp3) is 1.00. The second-order valence-corrected chi connectivity index (χ2v) is 6.19. The van der Waals surface area contributed by atoms with Crippen molar-refractivity contribution in [3.05, 3.63) is 0 Å². The summed E-state index contributed by atoms with van der Waals surface area (Å²) < 4.78 is 0. The third kappa shape index (κ3) is 1.85. The van der Waals surface area contributed by atoms with Crippen LogP contribution in [0.15, 0.2) is 0 Å². The van der Waals surface area contributed by atoms with E-state index in [4.69, 9.17) is 0 Å². The van der Waals surface area contributed by atoms with Crippen LogP contribution >= 0.6 is 21.6 Å². The summed E-state index contributed by atoms with van der Waals surface area (Å²) in [6.45, 7) is 7.06. The van der Waals surface area contributed by atoms with Crippen molar-refractivity contribution in [1.29, 1.82) is 0 Å². The maximum atomic E-state index is 2.39. The van der Waals surface area contributed by atoms with E-state index in [1.54, 1.807) is 0 Å². The van der Waals surface area contributed by atoms with Gasteiger partial charge in [-0.05, 0) is 11.8 Å². The van der Waals surface area contributed by atoms with Gasteiger partial charge >= 0.3 is 0 Å². The molecule has 0 aromatic carbocycles. The van der Waals surface area contributed by atoms with Crippen LogP contribution in [0.5, 0.6) is 0 Å². The highest BCUT2D eigenvalue weighted by Gasteiger charge is 2.34. The Labute approximate surface area is 71.9 Å². The molecule has 0 amide bonds. The molecular formula is C8H16S2. The molecule has 1 heterocycles. The number of hydrogen-bond donors (Lipinski definition) is 0. The zero-order valence-electron chi connectivity index (χ0n) is 7.02. The van der Waals surface area contributed by atoms with E-state index >= 15 is 0 Å². The van der Waals surface area contributed by atoms with Gasteiger partial charge in [-0.2, -0.15) is 0 Å². The molecule has 1 atom stereocenters. The van der Waals surface area contributed by atoms with Gasteiger partial charge in [0.2, 0.25) is 0 Å². The highest BCUT2D eigenvalue weighted by atomic mass is 33.1. The Balaban J connectivity index is 2.43. The first-order chi connectivity index (χ1) is 4.67. The van der Waals surface area contributed by atoms with Crippen molar-refractivity contribution in [2.45, 2.75) is 38.9 Å². The van der Waals surface area contributed by atoms with E-state index in [1.165, 1.54) is 18.6 Å². The third-order valence-electron chi connectivity index (χ3n) is 2.04. The van der Waals surface area contributed by atoms with Crippen LogP contribution in [0.4, 0.5) is 0 Å². The van der Waals surface area contributed by atoms with Crippen molar-refractivity contribution in [2.24, 2.45) is 5.41 Å². The minimum atomic E-state index is 0.589. The number of rotatable bonds is 2. The van der Waals surface area contributed by atoms with Crippen molar-refractivity contribution >= 4 is 21.6 Å². The molecule has 0 aromatic rings. The van der Waals surface area contributed by atoms with Crippen molar-refractivity contribution < 1.29 is 0 Å². The molecule has 0 nitrogen and oxygen atoms in total. The van der Waals surface area contributed by atoms with Crippen LogP contribution in [-0.4, -0.2) is 11.0 Å². The largest absolute Gasteiger partial charge is 0.0933 e. The van der Waals surface area contributed by atoms with Gasteiger partial charge in [0.25, 0.3) is 0 Å². The Morgan fingerprint density at radius 3 is 2.60 bits per heavy atom. The zero-order chi connectivity index (χ0) is 7.61. The summed E-state index contributed by atoms with van der Waals surface area (Å²) in [7, 11) is 4.14. The van der Waals surface area contributed by atoms with Crippen LogP contribution < -0.4 is 0 Å². The lowest BCUT2D eigenvalue weighted by atomic mass is 9.89. The van der Waals surface area contributed by atoms with E-state index in [-0.39, 0.29) is 0 Å². The van der Waals surface area contributed by atoms with E-state index in [0.29, 0.717) is 5.41 Å². The van der Waals surface area contributed by atoms with Crippen molar-refractivity contribution in [3.63, 3.8) is 0 Å². The molecule has 1 unspecified atom stereocenters. The third-order valence-corrected chi connectivity index (χ3v) is 5.60. The molecular weight excluding hydrogens is 160 g/mol. The molecule has 1 aliphatic heterocycles. The molecule has 1 rings (SSSR count). The average Bonchev–Trinajstić information content (AvgIpc) is 2.13. The quantitative estimate of drug-likeness (QED) is 0.590. The van der Waals surface area contributed by atoms with E-state index in [2.05, 4.69) is 31.6 Å². The fourth-order valence-electron chi connectivity index (χ4n) is 1.19. The van der Waals surface area contributed by atoms with E-state index in [9.17, 15) is 0 Å². The molecule has 0 bridgehead atoms. The Morgan fingerprint density at radius 1 is 1.50 bits per heavy atom. The highest BCUT2D eigenvalue weighted by molar-refractivity contribution is 8.77. The Hall–Kier alpha value is 0.700. The van der Waals surface area contributed by atoms with Gasteiger partial charge in [-0.3, -0.25) is 0 Å². The summed E-state index contributed by atoms with van der Waals surface area (Å²) in [4.78, 5) is 0. The molecule has 0 aromatic heterocycles. The Kier molecular flexibility index (Phi) is 2.99. The molecule has 1 fully saturated rings. The van der Waals surface area contributed by atoms with Crippen molar-refractivity contribution in [2.75, 3.05) is 5.75 Å². The summed E-state index contributed by atoms with van der Waals surface area (Å²) in [6.07, 6.45) is 2.73. The maximum Gasteiger partial charge on any atom is 0.0210 e. The van der Waals surface area contributed by atoms with Crippen molar-refractivity contribution in [3.8, 4) is 0 Å². The van der Waals surface area contributed by atoms with Crippen LogP contribution in [0.3, 0.4) is 0 Å². The van der Waals surface area contributed by atoms with Gasteiger partial charge in [0.15, 0.2) is 0 Å². The van der Waals surface area contributed by atoms with Crippen LogP contribution in [0, 0.1) is 5.41 Å². The molecule has 0 radical (unpaired) electrons. The minimum Gasteiger partial charge on any atom is -0.0933 e. The van der Waals surface area contributed by atoms with E-state index in [1.807, 2.05) is 10.8 Å². The van der Waals surface area contributed by atoms with Gasteiger partial charge in [-0.1, -0.05) is 48.8 Å².